The van der Waals surface area contributed by atoms with Gasteiger partial charge in [0.25, 0.3) is 0 Å². The number of nitrogens with one attached hydrogen (secondary N) is 1. The lowest BCUT2D eigenvalue weighted by Crippen LogP contribution is -2.30. The lowest BCUT2D eigenvalue weighted by Gasteiger charge is -2.35. The number of rotatable bonds is 4. The fourth-order valence-electron chi connectivity index (χ4n) is 5.44. The molecule has 2 N–H and O–H groups in total. The molecule has 36 heavy (non-hydrogen) atoms. The zero-order valence-corrected chi connectivity index (χ0v) is 20.9. The maximum Gasteiger partial charge on any atom is 0.337 e. The number of carbonyl (C=O) groups is 2. The largest absolute Gasteiger partial charge is 0.478 e. The highest BCUT2D eigenvalue weighted by molar-refractivity contribution is 7.10. The van der Waals surface area contributed by atoms with E-state index < -0.39 is 11.9 Å². The molecule has 180 valence electrons. The number of carboxylic acid groups (broad SMARTS) is 1. The van der Waals surface area contributed by atoms with Crippen LogP contribution in [-0.4, -0.2) is 26.6 Å². The summed E-state index contributed by atoms with van der Waals surface area (Å²) in [6, 6.07) is 18.5. The van der Waals surface area contributed by atoms with E-state index in [4.69, 9.17) is 16.7 Å². The number of benzene rings is 2. The first-order valence-corrected chi connectivity index (χ1v) is 12.9. The normalized spacial score (nSPS) is 19.0. The molecule has 0 spiro atoms. The summed E-state index contributed by atoms with van der Waals surface area (Å²) < 4.78 is 1.65. The zero-order chi connectivity index (χ0) is 25.0. The molecule has 1 aliphatic heterocycles. The molecule has 0 amide bonds. The summed E-state index contributed by atoms with van der Waals surface area (Å²) in [7, 11) is 0. The van der Waals surface area contributed by atoms with Gasteiger partial charge in [-0.15, -0.1) is 11.3 Å². The van der Waals surface area contributed by atoms with Gasteiger partial charge in [-0.05, 0) is 48.6 Å². The number of aromatic nitrogens is 2. The highest BCUT2D eigenvalue weighted by Gasteiger charge is 2.42. The number of carbonyl (C=O) groups excluding carboxylic acids is 1. The van der Waals surface area contributed by atoms with Crippen LogP contribution in [0.2, 0.25) is 5.02 Å². The van der Waals surface area contributed by atoms with Crippen LogP contribution in [0.5, 0.6) is 0 Å². The Morgan fingerprint density at radius 2 is 1.89 bits per heavy atom. The zero-order valence-electron chi connectivity index (χ0n) is 19.4. The second kappa shape index (κ2) is 8.76. The quantitative estimate of drug-likeness (QED) is 0.322. The van der Waals surface area contributed by atoms with Crippen LogP contribution in [0.4, 0.5) is 5.82 Å². The number of allylic oxidation sites excluding steroid dienone is 2. The number of anilines is 1. The van der Waals surface area contributed by atoms with E-state index in [-0.39, 0.29) is 17.3 Å². The average Bonchev–Trinajstić information content (AvgIpc) is 3.52. The fourth-order valence-corrected chi connectivity index (χ4v) is 6.51. The summed E-state index contributed by atoms with van der Waals surface area (Å²) in [4.78, 5) is 26.9. The van der Waals surface area contributed by atoms with E-state index in [0.29, 0.717) is 35.1 Å². The summed E-state index contributed by atoms with van der Waals surface area (Å²) in [6.07, 6.45) is 1.11. The second-order valence-corrected chi connectivity index (χ2v) is 10.5. The molecule has 6 nitrogen and oxygen atoms in total. The first kappa shape index (κ1) is 22.8. The van der Waals surface area contributed by atoms with Crippen LogP contribution in [0.3, 0.4) is 0 Å². The van der Waals surface area contributed by atoms with E-state index in [0.717, 1.165) is 22.4 Å². The number of halogens is 1. The lowest BCUT2D eigenvalue weighted by molar-refractivity contribution is -0.116. The van der Waals surface area contributed by atoms with Crippen molar-refractivity contribution in [2.24, 2.45) is 0 Å². The molecule has 0 unspecified atom stereocenters. The third-order valence-corrected chi connectivity index (χ3v) is 8.36. The number of ketones is 1. The summed E-state index contributed by atoms with van der Waals surface area (Å²) in [5.41, 5.74) is 4.56. The number of aromatic carboxylic acids is 1. The van der Waals surface area contributed by atoms with Gasteiger partial charge in [-0.3, -0.25) is 4.79 Å². The Hall–Kier alpha value is -3.68. The Morgan fingerprint density at radius 3 is 2.64 bits per heavy atom. The van der Waals surface area contributed by atoms with E-state index in [1.807, 2.05) is 42.6 Å². The predicted octanol–water partition coefficient (Wildman–Crippen LogP) is 6.55. The number of hydrogen-bond acceptors (Lipinski definition) is 5. The van der Waals surface area contributed by atoms with Crippen molar-refractivity contribution in [3.8, 4) is 5.69 Å². The second-order valence-electron chi connectivity index (χ2n) is 9.10. The van der Waals surface area contributed by atoms with Crippen LogP contribution in [0.15, 0.2) is 77.3 Å². The van der Waals surface area contributed by atoms with Crippen molar-refractivity contribution in [3.63, 3.8) is 0 Å². The number of hydrogen-bond donors (Lipinski definition) is 2. The van der Waals surface area contributed by atoms with E-state index in [9.17, 15) is 14.7 Å². The molecule has 1 aliphatic carbocycles. The van der Waals surface area contributed by atoms with Crippen molar-refractivity contribution in [2.75, 3.05) is 5.32 Å². The standard InChI is InChI=1S/C28H22ClN3O3S/c1-15-24-25(17-7-2-4-9-19(17)29)26-20(13-16(14-22(26)33)23-11-6-12-36-23)30-27(24)32(31-15)21-10-5-3-8-18(21)28(34)35/h2-12,16,25,30H,13-14H2,1H3,(H,34,35)/t16-,25-/m1/s1. The third kappa shape index (κ3) is 3.58. The Morgan fingerprint density at radius 1 is 1.11 bits per heavy atom. The lowest BCUT2D eigenvalue weighted by atomic mass is 9.73. The molecule has 0 fully saturated rings. The van der Waals surface area contributed by atoms with Gasteiger partial charge in [-0.1, -0.05) is 48.0 Å². The Bertz CT molecular complexity index is 1550. The van der Waals surface area contributed by atoms with Crippen molar-refractivity contribution in [1.82, 2.24) is 9.78 Å². The SMILES string of the molecule is Cc1nn(-c2ccccc2C(=O)O)c2c1[C@@H](c1ccccc1Cl)C1=C(C[C@@H](c3cccs3)CC1=O)N2. The summed E-state index contributed by atoms with van der Waals surface area (Å²) >= 11 is 8.36. The number of aryl methyl sites for hydroxylation is 1. The van der Waals surface area contributed by atoms with Crippen LogP contribution < -0.4 is 5.32 Å². The highest BCUT2D eigenvalue weighted by atomic mass is 35.5. The minimum atomic E-state index is -1.03. The molecule has 2 aromatic heterocycles. The molecular weight excluding hydrogens is 494 g/mol. The van der Waals surface area contributed by atoms with Gasteiger partial charge in [0.15, 0.2) is 5.78 Å². The molecule has 0 radical (unpaired) electrons. The minimum Gasteiger partial charge on any atom is -0.478 e. The maximum absolute atomic E-state index is 13.7. The van der Waals surface area contributed by atoms with Gasteiger partial charge in [0.1, 0.15) is 5.82 Å². The molecular formula is C28H22ClN3O3S. The van der Waals surface area contributed by atoms with E-state index in [2.05, 4.69) is 11.4 Å². The Kier molecular flexibility index (Phi) is 5.54. The van der Waals surface area contributed by atoms with Gasteiger partial charge in [-0.25, -0.2) is 9.48 Å². The molecule has 4 aromatic rings. The molecule has 0 bridgehead atoms. The van der Waals surface area contributed by atoms with Gasteiger partial charge in [-0.2, -0.15) is 5.10 Å². The van der Waals surface area contributed by atoms with Crippen molar-refractivity contribution in [3.05, 3.63) is 110 Å². The number of Topliss-reactive ketones (excluding diaryl/α,β-unsaturated/α-hetero) is 1. The predicted molar refractivity (Wildman–Crippen MR) is 141 cm³/mol. The number of nitrogens with zero attached hydrogens (tertiary/aromatic N) is 2. The van der Waals surface area contributed by atoms with E-state index >= 15 is 0 Å². The smallest absolute Gasteiger partial charge is 0.337 e. The maximum atomic E-state index is 13.7. The molecule has 0 saturated heterocycles. The van der Waals surface area contributed by atoms with Crippen molar-refractivity contribution >= 4 is 40.5 Å². The van der Waals surface area contributed by atoms with Crippen LogP contribution in [0, 0.1) is 6.92 Å². The third-order valence-electron chi connectivity index (χ3n) is 6.99. The van der Waals surface area contributed by atoms with Crippen LogP contribution in [-0.2, 0) is 4.79 Å². The first-order valence-electron chi connectivity index (χ1n) is 11.7. The summed E-state index contributed by atoms with van der Waals surface area (Å²) in [6.45, 7) is 1.89. The monoisotopic (exact) mass is 515 g/mol. The first-order chi connectivity index (χ1) is 17.4. The van der Waals surface area contributed by atoms with Crippen LogP contribution >= 0.6 is 22.9 Å². The van der Waals surface area contributed by atoms with Gasteiger partial charge in [0.2, 0.25) is 0 Å². The van der Waals surface area contributed by atoms with Gasteiger partial charge in [0.05, 0.1) is 16.9 Å². The van der Waals surface area contributed by atoms with Crippen LogP contribution in [0.25, 0.3) is 5.69 Å². The minimum absolute atomic E-state index is 0.0842. The van der Waals surface area contributed by atoms with Gasteiger partial charge < -0.3 is 10.4 Å². The van der Waals surface area contributed by atoms with Gasteiger partial charge >= 0.3 is 5.97 Å². The molecule has 2 aliphatic rings. The number of para-hydroxylation sites is 1. The van der Waals surface area contributed by atoms with Crippen molar-refractivity contribution in [1.29, 1.82) is 0 Å². The topological polar surface area (TPSA) is 84.2 Å². The average molecular weight is 516 g/mol. The summed E-state index contributed by atoms with van der Waals surface area (Å²) in [5, 5.41) is 20.7. The van der Waals surface area contributed by atoms with Crippen molar-refractivity contribution in [2.45, 2.75) is 31.6 Å². The number of carboxylic acids is 1. The number of thiophene rings is 1. The van der Waals surface area contributed by atoms with Crippen LogP contribution in [0.1, 0.15) is 56.7 Å². The molecule has 0 saturated carbocycles. The molecule has 8 heteroatoms. The summed E-state index contributed by atoms with van der Waals surface area (Å²) in [5.74, 6) is -0.578. The van der Waals surface area contributed by atoms with E-state index in [1.54, 1.807) is 40.3 Å². The van der Waals surface area contributed by atoms with Crippen molar-refractivity contribution < 1.29 is 14.7 Å². The molecule has 6 rings (SSSR count). The molecule has 2 atom stereocenters. The highest BCUT2D eigenvalue weighted by Crippen LogP contribution is 2.51. The fraction of sp³-hybridized carbons (Fsp3) is 0.179. The molecule has 2 aromatic carbocycles. The Balaban J connectivity index is 1.58. The Labute approximate surface area is 216 Å². The van der Waals surface area contributed by atoms with E-state index in [1.165, 1.54) is 4.88 Å². The number of fused-ring (bicyclic) bond motifs is 1. The van der Waals surface area contributed by atoms with Gasteiger partial charge in [0, 0.05) is 45.0 Å². The molecule has 3 heterocycles.